The van der Waals surface area contributed by atoms with Gasteiger partial charge in [0.1, 0.15) is 12.4 Å². The minimum atomic E-state index is -0.192. The summed E-state index contributed by atoms with van der Waals surface area (Å²) in [4.78, 5) is 0. The number of methoxy groups -OCH3 is 1. The van der Waals surface area contributed by atoms with Gasteiger partial charge in [-0.3, -0.25) is 0 Å². The molecule has 2 rings (SSSR count). The van der Waals surface area contributed by atoms with Crippen LogP contribution in [0.2, 0.25) is 0 Å². The molecule has 4 heteroatoms. The van der Waals surface area contributed by atoms with Crippen molar-refractivity contribution >= 4 is 0 Å². The average Bonchev–Trinajstić information content (AvgIpc) is 2.52. The van der Waals surface area contributed by atoms with Crippen LogP contribution in [0.1, 0.15) is 18.5 Å². The van der Waals surface area contributed by atoms with Gasteiger partial charge in [-0.2, -0.15) is 0 Å². The average molecular weight is 289 g/mol. The molecule has 0 saturated carbocycles. The maximum absolute atomic E-state index is 13.6. The maximum Gasteiger partial charge on any atom is 0.161 e. The minimum Gasteiger partial charge on any atom is -0.493 e. The maximum atomic E-state index is 13.6. The van der Waals surface area contributed by atoms with Crippen LogP contribution in [0, 0.1) is 5.82 Å². The number of para-hydroxylation sites is 2. The van der Waals surface area contributed by atoms with Gasteiger partial charge >= 0.3 is 0 Å². The predicted molar refractivity (Wildman–Crippen MR) is 81.3 cm³/mol. The van der Waals surface area contributed by atoms with Crippen molar-refractivity contribution in [3.8, 4) is 11.5 Å². The van der Waals surface area contributed by atoms with E-state index >= 15 is 0 Å². The first-order valence-corrected chi connectivity index (χ1v) is 6.96. The smallest absolute Gasteiger partial charge is 0.161 e. The van der Waals surface area contributed by atoms with E-state index in [2.05, 4.69) is 5.32 Å². The van der Waals surface area contributed by atoms with Crippen LogP contribution in [0.25, 0.3) is 0 Å². The predicted octanol–water partition coefficient (Wildman–Crippen LogP) is 3.56. The zero-order chi connectivity index (χ0) is 15.1. The molecule has 0 saturated heterocycles. The molecule has 0 amide bonds. The highest BCUT2D eigenvalue weighted by molar-refractivity contribution is 5.39. The van der Waals surface area contributed by atoms with Crippen LogP contribution in [-0.4, -0.2) is 20.3 Å². The van der Waals surface area contributed by atoms with Gasteiger partial charge in [-0.05, 0) is 25.1 Å². The van der Waals surface area contributed by atoms with Crippen LogP contribution in [0.3, 0.4) is 0 Å². The van der Waals surface area contributed by atoms with Crippen molar-refractivity contribution in [2.75, 3.05) is 20.3 Å². The molecular formula is C17H20FNO2. The van der Waals surface area contributed by atoms with Gasteiger partial charge in [0.15, 0.2) is 11.5 Å². The lowest BCUT2D eigenvalue weighted by Gasteiger charge is -2.16. The molecule has 0 fully saturated rings. The van der Waals surface area contributed by atoms with Crippen molar-refractivity contribution in [2.45, 2.75) is 13.0 Å². The Morgan fingerprint density at radius 2 is 1.71 bits per heavy atom. The number of halogens is 1. The summed E-state index contributed by atoms with van der Waals surface area (Å²) >= 11 is 0. The van der Waals surface area contributed by atoms with Gasteiger partial charge in [0, 0.05) is 18.2 Å². The van der Waals surface area contributed by atoms with Gasteiger partial charge in [0.25, 0.3) is 0 Å². The molecule has 2 aromatic rings. The number of hydrogen-bond acceptors (Lipinski definition) is 3. The van der Waals surface area contributed by atoms with E-state index in [4.69, 9.17) is 9.47 Å². The zero-order valence-corrected chi connectivity index (χ0v) is 12.3. The molecule has 0 bridgehead atoms. The highest BCUT2D eigenvalue weighted by atomic mass is 19.1. The van der Waals surface area contributed by atoms with Gasteiger partial charge in [-0.1, -0.05) is 30.3 Å². The Morgan fingerprint density at radius 1 is 1.05 bits per heavy atom. The van der Waals surface area contributed by atoms with Gasteiger partial charge in [0.05, 0.1) is 7.11 Å². The van der Waals surface area contributed by atoms with Crippen LogP contribution < -0.4 is 14.8 Å². The van der Waals surface area contributed by atoms with Crippen molar-refractivity contribution in [3.63, 3.8) is 0 Å². The van der Waals surface area contributed by atoms with E-state index in [1.807, 2.05) is 37.3 Å². The summed E-state index contributed by atoms with van der Waals surface area (Å²) < 4.78 is 24.5. The van der Waals surface area contributed by atoms with Crippen molar-refractivity contribution < 1.29 is 13.9 Å². The number of rotatable bonds is 7. The summed E-state index contributed by atoms with van der Waals surface area (Å²) in [5, 5.41) is 3.24. The van der Waals surface area contributed by atoms with Crippen molar-refractivity contribution in [3.05, 3.63) is 59.9 Å². The molecule has 112 valence electrons. The van der Waals surface area contributed by atoms with E-state index in [-0.39, 0.29) is 11.9 Å². The van der Waals surface area contributed by atoms with Crippen LogP contribution in [0.5, 0.6) is 11.5 Å². The largest absolute Gasteiger partial charge is 0.493 e. The highest BCUT2D eigenvalue weighted by Gasteiger charge is 2.09. The molecule has 0 heterocycles. The molecule has 1 atom stereocenters. The molecule has 21 heavy (non-hydrogen) atoms. The molecule has 0 aromatic heterocycles. The van der Waals surface area contributed by atoms with Gasteiger partial charge < -0.3 is 14.8 Å². The molecule has 0 aliphatic heterocycles. The molecule has 1 N–H and O–H groups in total. The molecule has 0 aliphatic carbocycles. The number of benzene rings is 2. The lowest BCUT2D eigenvalue weighted by atomic mass is 10.1. The van der Waals surface area contributed by atoms with Crippen LogP contribution in [0.4, 0.5) is 4.39 Å². The molecule has 0 spiro atoms. The second-order valence-corrected chi connectivity index (χ2v) is 4.70. The number of ether oxygens (including phenoxy) is 2. The van der Waals surface area contributed by atoms with E-state index in [0.29, 0.717) is 30.2 Å². The first kappa shape index (κ1) is 15.3. The Balaban J connectivity index is 1.81. The Kier molecular flexibility index (Phi) is 5.58. The summed E-state index contributed by atoms with van der Waals surface area (Å²) in [6.07, 6.45) is 0. The van der Waals surface area contributed by atoms with Crippen LogP contribution in [-0.2, 0) is 0 Å². The van der Waals surface area contributed by atoms with Crippen molar-refractivity contribution in [1.82, 2.24) is 5.32 Å². The standard InChI is InChI=1S/C17H20FNO2/c1-13(14-7-3-4-8-15(14)18)19-11-12-21-17-10-6-5-9-16(17)20-2/h3-10,13,19H,11-12H2,1-2H3. The van der Waals surface area contributed by atoms with Crippen molar-refractivity contribution in [2.24, 2.45) is 0 Å². The number of hydrogen-bond donors (Lipinski definition) is 1. The Morgan fingerprint density at radius 3 is 2.43 bits per heavy atom. The Bertz CT molecular complexity index is 574. The summed E-state index contributed by atoms with van der Waals surface area (Å²) in [6, 6.07) is 14.2. The minimum absolute atomic E-state index is 0.0625. The molecule has 0 aliphatic rings. The first-order valence-electron chi connectivity index (χ1n) is 6.96. The van der Waals surface area contributed by atoms with E-state index < -0.39 is 0 Å². The topological polar surface area (TPSA) is 30.5 Å². The number of nitrogens with one attached hydrogen (secondary N) is 1. The molecule has 2 aromatic carbocycles. The monoisotopic (exact) mass is 289 g/mol. The van der Waals surface area contributed by atoms with E-state index in [1.54, 1.807) is 19.2 Å². The second kappa shape index (κ2) is 7.64. The van der Waals surface area contributed by atoms with Crippen LogP contribution >= 0.6 is 0 Å². The van der Waals surface area contributed by atoms with E-state index in [0.717, 1.165) is 0 Å². The quantitative estimate of drug-likeness (QED) is 0.791. The highest BCUT2D eigenvalue weighted by Crippen LogP contribution is 2.25. The summed E-state index contributed by atoms with van der Waals surface area (Å²) in [6.45, 7) is 3.04. The fourth-order valence-electron chi connectivity index (χ4n) is 2.11. The second-order valence-electron chi connectivity index (χ2n) is 4.70. The fraction of sp³-hybridized carbons (Fsp3) is 0.294. The normalized spacial score (nSPS) is 12.0. The Labute approximate surface area is 124 Å². The Hall–Kier alpha value is -2.07. The van der Waals surface area contributed by atoms with E-state index in [9.17, 15) is 4.39 Å². The molecule has 0 radical (unpaired) electrons. The third kappa shape index (κ3) is 4.20. The van der Waals surface area contributed by atoms with E-state index in [1.165, 1.54) is 6.07 Å². The lowest BCUT2D eigenvalue weighted by Crippen LogP contribution is -2.25. The summed E-state index contributed by atoms with van der Waals surface area (Å²) in [5.41, 5.74) is 0.662. The fourth-order valence-corrected chi connectivity index (χ4v) is 2.11. The third-order valence-electron chi connectivity index (χ3n) is 3.25. The van der Waals surface area contributed by atoms with Gasteiger partial charge in [0.2, 0.25) is 0 Å². The first-order chi connectivity index (χ1) is 10.2. The molecular weight excluding hydrogens is 269 g/mol. The van der Waals surface area contributed by atoms with Crippen LogP contribution in [0.15, 0.2) is 48.5 Å². The van der Waals surface area contributed by atoms with Crippen molar-refractivity contribution in [1.29, 1.82) is 0 Å². The lowest BCUT2D eigenvalue weighted by molar-refractivity contribution is 0.287. The zero-order valence-electron chi connectivity index (χ0n) is 12.3. The van der Waals surface area contributed by atoms with Gasteiger partial charge in [-0.15, -0.1) is 0 Å². The third-order valence-corrected chi connectivity index (χ3v) is 3.25. The summed E-state index contributed by atoms with van der Waals surface area (Å²) in [7, 11) is 1.61. The SMILES string of the molecule is COc1ccccc1OCCNC(C)c1ccccc1F. The summed E-state index contributed by atoms with van der Waals surface area (Å²) in [5.74, 6) is 1.23. The molecule has 1 unspecified atom stereocenters. The van der Waals surface area contributed by atoms with Gasteiger partial charge in [-0.25, -0.2) is 4.39 Å². The molecule has 3 nitrogen and oxygen atoms in total.